The summed E-state index contributed by atoms with van der Waals surface area (Å²) < 4.78 is 0. The summed E-state index contributed by atoms with van der Waals surface area (Å²) >= 11 is 0. The summed E-state index contributed by atoms with van der Waals surface area (Å²) in [5.74, 6) is 0. The Kier molecular flexibility index (Phi) is 6.87. The number of nitrogens with zero attached hydrogens (tertiary/aromatic N) is 1. The van der Waals surface area contributed by atoms with Crippen molar-refractivity contribution in [1.82, 2.24) is 10.3 Å². The van der Waals surface area contributed by atoms with Crippen molar-refractivity contribution in [3.8, 4) is 0 Å². The van der Waals surface area contributed by atoms with Crippen LogP contribution in [0.3, 0.4) is 0 Å². The molecule has 1 aromatic rings. The Morgan fingerprint density at radius 3 is 2.71 bits per heavy atom. The van der Waals surface area contributed by atoms with E-state index in [0.717, 1.165) is 6.42 Å². The summed E-state index contributed by atoms with van der Waals surface area (Å²) in [7, 11) is 2.04. The third-order valence-electron chi connectivity index (χ3n) is 3.33. The zero-order chi connectivity index (χ0) is 12.5. The van der Waals surface area contributed by atoms with Gasteiger partial charge in [-0.1, -0.05) is 45.6 Å². The molecule has 0 saturated carbocycles. The fourth-order valence-corrected chi connectivity index (χ4v) is 2.26. The van der Waals surface area contributed by atoms with Crippen molar-refractivity contribution in [2.75, 3.05) is 7.05 Å². The molecule has 1 unspecified atom stereocenters. The van der Waals surface area contributed by atoms with Crippen LogP contribution in [0.4, 0.5) is 0 Å². The van der Waals surface area contributed by atoms with Crippen LogP contribution in [-0.4, -0.2) is 12.0 Å². The number of unbranched alkanes of at least 4 members (excludes halogenated alkanes) is 3. The van der Waals surface area contributed by atoms with Gasteiger partial charge >= 0.3 is 0 Å². The maximum atomic E-state index is 4.56. The second-order valence-corrected chi connectivity index (χ2v) is 4.59. The average Bonchev–Trinajstić information content (AvgIpc) is 2.39. The number of aromatic nitrogens is 1. The number of pyridine rings is 1. The maximum Gasteiger partial charge on any atom is 0.0604 e. The van der Waals surface area contributed by atoms with E-state index in [9.17, 15) is 0 Å². The quantitative estimate of drug-likeness (QED) is 0.691. The van der Waals surface area contributed by atoms with Crippen molar-refractivity contribution < 1.29 is 0 Å². The third-order valence-corrected chi connectivity index (χ3v) is 3.33. The number of hydrogen-bond acceptors (Lipinski definition) is 2. The first-order chi connectivity index (χ1) is 8.33. The van der Waals surface area contributed by atoms with Gasteiger partial charge in [-0.2, -0.15) is 0 Å². The SMILES string of the molecule is CCCCCCC(NC)c1ncccc1CC. The highest BCUT2D eigenvalue weighted by atomic mass is 14.9. The van der Waals surface area contributed by atoms with Crippen molar-refractivity contribution in [2.45, 2.75) is 58.4 Å². The average molecular weight is 234 g/mol. The lowest BCUT2D eigenvalue weighted by Crippen LogP contribution is -2.19. The van der Waals surface area contributed by atoms with Crippen LogP contribution in [0, 0.1) is 0 Å². The van der Waals surface area contributed by atoms with Crippen molar-refractivity contribution in [1.29, 1.82) is 0 Å². The van der Waals surface area contributed by atoms with Gasteiger partial charge in [-0.15, -0.1) is 0 Å². The lowest BCUT2D eigenvalue weighted by atomic mass is 9.99. The van der Waals surface area contributed by atoms with Crippen LogP contribution >= 0.6 is 0 Å². The minimum atomic E-state index is 0.419. The van der Waals surface area contributed by atoms with E-state index in [1.165, 1.54) is 43.4 Å². The molecule has 2 heteroatoms. The largest absolute Gasteiger partial charge is 0.312 e. The molecule has 1 N–H and O–H groups in total. The molecule has 0 amide bonds. The summed E-state index contributed by atoms with van der Waals surface area (Å²) in [5, 5.41) is 3.41. The first-order valence-corrected chi connectivity index (χ1v) is 6.94. The van der Waals surface area contributed by atoms with E-state index in [-0.39, 0.29) is 0 Å². The Labute approximate surface area is 106 Å². The van der Waals surface area contributed by atoms with Crippen molar-refractivity contribution in [3.63, 3.8) is 0 Å². The lowest BCUT2D eigenvalue weighted by molar-refractivity contribution is 0.492. The first-order valence-electron chi connectivity index (χ1n) is 6.94. The smallest absolute Gasteiger partial charge is 0.0604 e. The molecule has 1 atom stereocenters. The first kappa shape index (κ1) is 14.2. The van der Waals surface area contributed by atoms with Gasteiger partial charge in [0.25, 0.3) is 0 Å². The van der Waals surface area contributed by atoms with Crippen molar-refractivity contribution in [2.24, 2.45) is 0 Å². The van der Waals surface area contributed by atoms with Crippen molar-refractivity contribution >= 4 is 0 Å². The summed E-state index contributed by atoms with van der Waals surface area (Å²) in [6.07, 6.45) is 9.44. The number of rotatable bonds is 8. The van der Waals surface area contributed by atoms with E-state index in [1.54, 1.807) is 0 Å². The molecule has 0 radical (unpaired) electrons. The van der Waals surface area contributed by atoms with Gasteiger partial charge in [-0.05, 0) is 31.5 Å². The van der Waals surface area contributed by atoms with E-state index in [4.69, 9.17) is 0 Å². The molecule has 1 rings (SSSR count). The number of hydrogen-bond donors (Lipinski definition) is 1. The molecule has 0 fully saturated rings. The van der Waals surface area contributed by atoms with Gasteiger partial charge in [0, 0.05) is 12.2 Å². The minimum Gasteiger partial charge on any atom is -0.312 e. The van der Waals surface area contributed by atoms with E-state index in [1.807, 2.05) is 19.3 Å². The predicted octanol–water partition coefficient (Wildman–Crippen LogP) is 3.87. The van der Waals surface area contributed by atoms with Crippen LogP contribution in [0.15, 0.2) is 18.3 Å². The third kappa shape index (κ3) is 4.47. The second-order valence-electron chi connectivity index (χ2n) is 4.59. The molecule has 0 saturated heterocycles. The second kappa shape index (κ2) is 8.24. The van der Waals surface area contributed by atoms with Gasteiger partial charge in [0.1, 0.15) is 0 Å². The zero-order valence-corrected chi connectivity index (χ0v) is 11.5. The minimum absolute atomic E-state index is 0.419. The summed E-state index contributed by atoms with van der Waals surface area (Å²) in [5.41, 5.74) is 2.62. The fourth-order valence-electron chi connectivity index (χ4n) is 2.26. The van der Waals surface area contributed by atoms with Gasteiger partial charge in [0.05, 0.1) is 5.69 Å². The number of nitrogens with one attached hydrogen (secondary N) is 1. The Bertz CT molecular complexity index is 310. The molecule has 17 heavy (non-hydrogen) atoms. The Balaban J connectivity index is 2.59. The van der Waals surface area contributed by atoms with Gasteiger partial charge in [-0.3, -0.25) is 4.98 Å². The van der Waals surface area contributed by atoms with Gasteiger partial charge in [-0.25, -0.2) is 0 Å². The highest BCUT2D eigenvalue weighted by Gasteiger charge is 2.13. The van der Waals surface area contributed by atoms with Crippen LogP contribution in [0.1, 0.15) is 63.3 Å². The van der Waals surface area contributed by atoms with Gasteiger partial charge < -0.3 is 5.32 Å². The Morgan fingerprint density at radius 1 is 1.24 bits per heavy atom. The highest BCUT2D eigenvalue weighted by Crippen LogP contribution is 2.21. The van der Waals surface area contributed by atoms with E-state index in [0.29, 0.717) is 6.04 Å². The van der Waals surface area contributed by atoms with E-state index >= 15 is 0 Å². The molecule has 1 heterocycles. The Morgan fingerprint density at radius 2 is 2.06 bits per heavy atom. The summed E-state index contributed by atoms with van der Waals surface area (Å²) in [4.78, 5) is 4.56. The molecule has 0 aromatic carbocycles. The molecule has 2 nitrogen and oxygen atoms in total. The predicted molar refractivity (Wildman–Crippen MR) is 74.2 cm³/mol. The molecular weight excluding hydrogens is 208 g/mol. The normalized spacial score (nSPS) is 12.6. The Hall–Kier alpha value is -0.890. The molecular formula is C15H26N2. The highest BCUT2D eigenvalue weighted by molar-refractivity contribution is 5.22. The maximum absolute atomic E-state index is 4.56. The van der Waals surface area contributed by atoms with E-state index < -0.39 is 0 Å². The monoisotopic (exact) mass is 234 g/mol. The number of aryl methyl sites for hydroxylation is 1. The molecule has 1 aromatic heterocycles. The van der Waals surface area contributed by atoms with Crippen LogP contribution in [0.25, 0.3) is 0 Å². The molecule has 0 aliphatic carbocycles. The molecule has 96 valence electrons. The zero-order valence-electron chi connectivity index (χ0n) is 11.5. The van der Waals surface area contributed by atoms with Crippen molar-refractivity contribution in [3.05, 3.63) is 29.6 Å². The summed E-state index contributed by atoms with van der Waals surface area (Å²) in [6, 6.07) is 4.65. The fraction of sp³-hybridized carbons (Fsp3) is 0.667. The lowest BCUT2D eigenvalue weighted by Gasteiger charge is -2.18. The molecule has 0 aliphatic rings. The van der Waals surface area contributed by atoms with E-state index in [2.05, 4.69) is 30.2 Å². The van der Waals surface area contributed by atoms with Gasteiger partial charge in [0.15, 0.2) is 0 Å². The molecule has 0 aliphatic heterocycles. The standard InChI is InChI=1S/C15H26N2/c1-4-6-7-8-11-14(16-3)15-13(5-2)10-9-12-17-15/h9-10,12,14,16H,4-8,11H2,1-3H3. The summed E-state index contributed by atoms with van der Waals surface area (Å²) in [6.45, 7) is 4.45. The van der Waals surface area contributed by atoms with Gasteiger partial charge in [0.2, 0.25) is 0 Å². The molecule has 0 spiro atoms. The van der Waals surface area contributed by atoms with Crippen LogP contribution in [-0.2, 0) is 6.42 Å². The van der Waals surface area contributed by atoms with Crippen LogP contribution in [0.5, 0.6) is 0 Å². The van der Waals surface area contributed by atoms with Crippen LogP contribution in [0.2, 0.25) is 0 Å². The van der Waals surface area contributed by atoms with Crippen LogP contribution < -0.4 is 5.32 Å². The molecule has 0 bridgehead atoms. The topological polar surface area (TPSA) is 24.9 Å².